The van der Waals surface area contributed by atoms with E-state index in [0.717, 1.165) is 5.56 Å². The first-order valence-corrected chi connectivity index (χ1v) is 11.8. The Hall–Kier alpha value is -1.90. The Morgan fingerprint density at radius 2 is 1.29 bits per heavy atom. The van der Waals surface area contributed by atoms with Gasteiger partial charge in [0.1, 0.15) is 0 Å². The van der Waals surface area contributed by atoms with Crippen LogP contribution in [0.2, 0.25) is 0 Å². The number of rotatable bonds is 5. The number of hydrogen-bond donors (Lipinski definition) is 2. The molecule has 0 unspecified atom stereocenters. The van der Waals surface area contributed by atoms with Crippen LogP contribution in [0.3, 0.4) is 0 Å². The molecular weight excluding hydrogens is 396 g/mol. The zero-order chi connectivity index (χ0) is 21.4. The standard InChI is InChI=1S/C20H28N2O4S2/c1-19(2,3)15-10-12-17(13-11-15)27(23,24)21-16-8-7-9-18(14-16)28(25,26)22-20(4,5)6/h7-14,21-22H,1-6H3. The van der Waals surface area contributed by atoms with Crippen LogP contribution in [0.1, 0.15) is 47.1 Å². The first kappa shape index (κ1) is 22.4. The van der Waals surface area contributed by atoms with Crippen molar-refractivity contribution < 1.29 is 16.8 Å². The van der Waals surface area contributed by atoms with E-state index in [1.54, 1.807) is 45.0 Å². The lowest BCUT2D eigenvalue weighted by atomic mass is 9.87. The highest BCUT2D eigenvalue weighted by molar-refractivity contribution is 7.92. The van der Waals surface area contributed by atoms with E-state index in [0.29, 0.717) is 0 Å². The maximum atomic E-state index is 12.7. The van der Waals surface area contributed by atoms with E-state index in [-0.39, 0.29) is 20.9 Å². The van der Waals surface area contributed by atoms with Crippen LogP contribution in [-0.4, -0.2) is 22.4 Å². The molecule has 154 valence electrons. The molecule has 0 spiro atoms. The van der Waals surface area contributed by atoms with E-state index in [1.165, 1.54) is 24.3 Å². The first-order chi connectivity index (χ1) is 12.6. The fraction of sp³-hybridized carbons (Fsp3) is 0.400. The van der Waals surface area contributed by atoms with Crippen molar-refractivity contribution >= 4 is 25.7 Å². The normalized spacial score (nSPS) is 13.4. The Morgan fingerprint density at radius 3 is 1.79 bits per heavy atom. The van der Waals surface area contributed by atoms with Gasteiger partial charge in [0.15, 0.2) is 0 Å². The van der Waals surface area contributed by atoms with Gasteiger partial charge in [-0.3, -0.25) is 4.72 Å². The zero-order valence-corrected chi connectivity index (χ0v) is 18.7. The molecule has 0 fully saturated rings. The van der Waals surface area contributed by atoms with Crippen molar-refractivity contribution in [1.29, 1.82) is 0 Å². The fourth-order valence-electron chi connectivity index (χ4n) is 2.54. The molecular formula is C20H28N2O4S2. The third kappa shape index (κ3) is 5.80. The van der Waals surface area contributed by atoms with Crippen molar-refractivity contribution in [2.24, 2.45) is 0 Å². The lowest BCUT2D eigenvalue weighted by molar-refractivity contribution is 0.491. The van der Waals surface area contributed by atoms with Crippen molar-refractivity contribution in [3.05, 3.63) is 54.1 Å². The molecule has 2 N–H and O–H groups in total. The van der Waals surface area contributed by atoms with Crippen LogP contribution in [0.5, 0.6) is 0 Å². The summed E-state index contributed by atoms with van der Waals surface area (Å²) in [5.74, 6) is 0. The Labute approximate surface area is 168 Å². The fourth-order valence-corrected chi connectivity index (χ4v) is 5.05. The minimum Gasteiger partial charge on any atom is -0.280 e. The molecule has 0 aliphatic rings. The third-order valence-corrected chi connectivity index (χ3v) is 7.02. The molecule has 2 aromatic rings. The maximum absolute atomic E-state index is 12.7. The predicted octanol–water partition coefficient (Wildman–Crippen LogP) is 3.86. The highest BCUT2D eigenvalue weighted by Gasteiger charge is 2.23. The molecule has 2 rings (SSSR count). The van der Waals surface area contributed by atoms with Gasteiger partial charge in [0.25, 0.3) is 10.0 Å². The Bertz CT molecular complexity index is 1040. The quantitative estimate of drug-likeness (QED) is 0.762. The summed E-state index contributed by atoms with van der Waals surface area (Å²) in [5, 5.41) is 0. The number of anilines is 1. The van der Waals surface area contributed by atoms with Gasteiger partial charge in [-0.05, 0) is 62.1 Å². The number of sulfonamides is 2. The minimum atomic E-state index is -3.84. The lowest BCUT2D eigenvalue weighted by Gasteiger charge is -2.20. The van der Waals surface area contributed by atoms with Gasteiger partial charge < -0.3 is 0 Å². The Morgan fingerprint density at radius 1 is 0.714 bits per heavy atom. The van der Waals surface area contributed by atoms with Gasteiger partial charge in [0.05, 0.1) is 15.5 Å². The lowest BCUT2D eigenvalue weighted by Crippen LogP contribution is -2.40. The highest BCUT2D eigenvalue weighted by Crippen LogP contribution is 2.25. The summed E-state index contributed by atoms with van der Waals surface area (Å²) in [7, 11) is -7.61. The molecule has 0 atom stereocenters. The van der Waals surface area contributed by atoms with Crippen LogP contribution >= 0.6 is 0 Å². The first-order valence-electron chi connectivity index (χ1n) is 8.88. The van der Waals surface area contributed by atoms with Crippen molar-refractivity contribution in [2.75, 3.05) is 4.72 Å². The van der Waals surface area contributed by atoms with Crippen LogP contribution in [0.4, 0.5) is 5.69 Å². The molecule has 8 heteroatoms. The SMILES string of the molecule is CC(C)(C)NS(=O)(=O)c1cccc(NS(=O)(=O)c2ccc(C(C)(C)C)cc2)c1. The van der Waals surface area contributed by atoms with E-state index in [9.17, 15) is 16.8 Å². The van der Waals surface area contributed by atoms with E-state index >= 15 is 0 Å². The van der Waals surface area contributed by atoms with Gasteiger partial charge in [-0.15, -0.1) is 0 Å². The molecule has 0 aliphatic carbocycles. The van der Waals surface area contributed by atoms with Gasteiger partial charge in [-0.2, -0.15) is 0 Å². The largest absolute Gasteiger partial charge is 0.280 e. The molecule has 0 amide bonds. The number of benzene rings is 2. The van der Waals surface area contributed by atoms with Crippen molar-refractivity contribution in [2.45, 2.75) is 62.3 Å². The monoisotopic (exact) mass is 424 g/mol. The summed E-state index contributed by atoms with van der Waals surface area (Å²) in [5.41, 5.74) is 0.464. The van der Waals surface area contributed by atoms with E-state index < -0.39 is 25.6 Å². The summed E-state index contributed by atoms with van der Waals surface area (Å²) in [6, 6.07) is 12.4. The summed E-state index contributed by atoms with van der Waals surface area (Å²) >= 11 is 0. The minimum absolute atomic E-state index is 0.00861. The van der Waals surface area contributed by atoms with Gasteiger partial charge in [0.2, 0.25) is 10.0 Å². The second-order valence-electron chi connectivity index (χ2n) is 8.76. The molecule has 6 nitrogen and oxygen atoms in total. The van der Waals surface area contributed by atoms with Crippen molar-refractivity contribution in [1.82, 2.24) is 4.72 Å². The van der Waals surface area contributed by atoms with E-state index in [4.69, 9.17) is 0 Å². The zero-order valence-electron chi connectivity index (χ0n) is 17.1. The summed E-state index contributed by atoms with van der Waals surface area (Å²) in [6.45, 7) is 11.3. The second kappa shape index (κ2) is 7.50. The van der Waals surface area contributed by atoms with E-state index in [2.05, 4.69) is 9.44 Å². The number of hydrogen-bond acceptors (Lipinski definition) is 4. The molecule has 0 saturated carbocycles. The van der Waals surface area contributed by atoms with Gasteiger partial charge in [-0.1, -0.05) is 39.0 Å². The third-order valence-electron chi connectivity index (χ3n) is 3.87. The summed E-state index contributed by atoms with van der Waals surface area (Å²) in [6.07, 6.45) is 0. The number of nitrogens with one attached hydrogen (secondary N) is 2. The molecule has 0 radical (unpaired) electrons. The Kier molecular flexibility index (Phi) is 5.99. The maximum Gasteiger partial charge on any atom is 0.261 e. The summed E-state index contributed by atoms with van der Waals surface area (Å²) in [4.78, 5) is 0.104. The molecule has 0 aromatic heterocycles. The van der Waals surface area contributed by atoms with Gasteiger partial charge in [0, 0.05) is 5.54 Å². The smallest absolute Gasteiger partial charge is 0.261 e. The van der Waals surface area contributed by atoms with E-state index in [1.807, 2.05) is 20.8 Å². The average molecular weight is 425 g/mol. The predicted molar refractivity (Wildman–Crippen MR) is 112 cm³/mol. The summed E-state index contributed by atoms with van der Waals surface area (Å²) < 4.78 is 55.3. The molecule has 0 bridgehead atoms. The van der Waals surface area contributed by atoms with Crippen LogP contribution in [-0.2, 0) is 25.5 Å². The molecule has 0 aliphatic heterocycles. The molecule has 28 heavy (non-hydrogen) atoms. The molecule has 0 saturated heterocycles. The molecule has 0 heterocycles. The van der Waals surface area contributed by atoms with Crippen LogP contribution < -0.4 is 9.44 Å². The van der Waals surface area contributed by atoms with Crippen LogP contribution in [0.15, 0.2) is 58.3 Å². The van der Waals surface area contributed by atoms with Gasteiger partial charge in [-0.25, -0.2) is 21.6 Å². The van der Waals surface area contributed by atoms with Crippen molar-refractivity contribution in [3.63, 3.8) is 0 Å². The Balaban J connectivity index is 2.30. The topological polar surface area (TPSA) is 92.3 Å². The van der Waals surface area contributed by atoms with Crippen LogP contribution in [0.25, 0.3) is 0 Å². The molecule has 2 aromatic carbocycles. The van der Waals surface area contributed by atoms with Crippen LogP contribution in [0, 0.1) is 0 Å². The second-order valence-corrected chi connectivity index (χ2v) is 12.1. The van der Waals surface area contributed by atoms with Crippen molar-refractivity contribution in [3.8, 4) is 0 Å². The highest BCUT2D eigenvalue weighted by atomic mass is 32.2. The average Bonchev–Trinajstić information content (AvgIpc) is 2.52. The van der Waals surface area contributed by atoms with Gasteiger partial charge >= 0.3 is 0 Å².